The quantitative estimate of drug-likeness (QED) is 0.858. The van der Waals surface area contributed by atoms with Crippen LogP contribution in [0.3, 0.4) is 0 Å². The van der Waals surface area contributed by atoms with Crippen molar-refractivity contribution in [3.05, 3.63) is 52.2 Å². The van der Waals surface area contributed by atoms with E-state index >= 15 is 0 Å². The monoisotopic (exact) mass is 291 g/mol. The minimum absolute atomic E-state index is 0.148. The molecule has 3 nitrogen and oxygen atoms in total. The topological polar surface area (TPSA) is 41.5 Å². The fourth-order valence-corrected chi connectivity index (χ4v) is 2.84. The highest BCUT2D eigenvalue weighted by molar-refractivity contribution is 7.08. The van der Waals surface area contributed by atoms with Gasteiger partial charge in [0.2, 0.25) is 0 Å². The number of thiophene rings is 1. The Kier molecular flexibility index (Phi) is 4.81. The van der Waals surface area contributed by atoms with Gasteiger partial charge in [0.05, 0.1) is 7.11 Å². The molecule has 2 aromatic rings. The molecule has 1 heterocycles. The molecular weight excluding hydrogens is 270 g/mol. The van der Waals surface area contributed by atoms with Gasteiger partial charge in [0.25, 0.3) is 0 Å². The van der Waals surface area contributed by atoms with E-state index in [1.807, 2.05) is 41.9 Å². The van der Waals surface area contributed by atoms with E-state index in [2.05, 4.69) is 18.3 Å². The normalized spacial score (nSPS) is 15.6. The molecule has 108 valence electrons. The van der Waals surface area contributed by atoms with Crippen LogP contribution in [0.25, 0.3) is 0 Å². The van der Waals surface area contributed by atoms with E-state index in [-0.39, 0.29) is 6.04 Å². The third-order valence-electron chi connectivity index (χ3n) is 3.49. The van der Waals surface area contributed by atoms with Gasteiger partial charge < -0.3 is 15.2 Å². The Labute approximate surface area is 124 Å². The van der Waals surface area contributed by atoms with Crippen LogP contribution >= 0.6 is 11.3 Å². The summed E-state index contributed by atoms with van der Waals surface area (Å²) in [5.74, 6) is 0.848. The molecule has 20 heavy (non-hydrogen) atoms. The fourth-order valence-electron chi connectivity index (χ4n) is 2.05. The van der Waals surface area contributed by atoms with Gasteiger partial charge in [-0.15, -0.1) is 0 Å². The van der Waals surface area contributed by atoms with E-state index in [9.17, 15) is 5.11 Å². The summed E-state index contributed by atoms with van der Waals surface area (Å²) >= 11 is 1.60. The Hall–Kier alpha value is -1.36. The summed E-state index contributed by atoms with van der Waals surface area (Å²) in [6.45, 7) is 4.42. The Morgan fingerprint density at radius 2 is 2.20 bits per heavy atom. The summed E-state index contributed by atoms with van der Waals surface area (Å²) < 4.78 is 5.23. The molecule has 1 aromatic heterocycles. The van der Waals surface area contributed by atoms with E-state index in [1.54, 1.807) is 18.4 Å². The van der Waals surface area contributed by atoms with Crippen molar-refractivity contribution in [1.82, 2.24) is 5.32 Å². The van der Waals surface area contributed by atoms with Gasteiger partial charge in [-0.2, -0.15) is 11.3 Å². The highest BCUT2D eigenvalue weighted by Gasteiger charge is 2.24. The zero-order chi connectivity index (χ0) is 14.6. The second-order valence-electron chi connectivity index (χ2n) is 5.17. The third-order valence-corrected chi connectivity index (χ3v) is 4.17. The lowest BCUT2D eigenvalue weighted by Crippen LogP contribution is -2.36. The van der Waals surface area contributed by atoms with Gasteiger partial charge >= 0.3 is 0 Å². The van der Waals surface area contributed by atoms with Crippen molar-refractivity contribution >= 4 is 11.3 Å². The summed E-state index contributed by atoms with van der Waals surface area (Å²) in [6.07, 6.45) is 0. The Bertz CT molecular complexity index is 537. The lowest BCUT2D eigenvalue weighted by molar-refractivity contribution is 0.0548. The van der Waals surface area contributed by atoms with Crippen LogP contribution in [0.5, 0.6) is 5.75 Å². The van der Waals surface area contributed by atoms with Crippen LogP contribution < -0.4 is 10.1 Å². The maximum atomic E-state index is 10.5. The van der Waals surface area contributed by atoms with Gasteiger partial charge in [-0.1, -0.05) is 12.1 Å². The zero-order valence-corrected chi connectivity index (χ0v) is 12.9. The van der Waals surface area contributed by atoms with Crippen molar-refractivity contribution in [2.75, 3.05) is 13.7 Å². The number of aliphatic hydroxyl groups is 1. The molecule has 2 rings (SSSR count). The van der Waals surface area contributed by atoms with E-state index in [4.69, 9.17) is 4.74 Å². The molecular formula is C16H21NO2S. The smallest absolute Gasteiger partial charge is 0.119 e. The van der Waals surface area contributed by atoms with Crippen molar-refractivity contribution in [3.63, 3.8) is 0 Å². The molecule has 0 saturated heterocycles. The molecule has 4 heteroatoms. The van der Waals surface area contributed by atoms with Gasteiger partial charge in [0, 0.05) is 12.6 Å². The van der Waals surface area contributed by atoms with Crippen molar-refractivity contribution in [3.8, 4) is 5.75 Å². The van der Waals surface area contributed by atoms with Crippen molar-refractivity contribution in [2.45, 2.75) is 25.5 Å². The maximum absolute atomic E-state index is 10.5. The first kappa shape index (κ1) is 15.0. The minimum Gasteiger partial charge on any atom is -0.497 e. The number of benzene rings is 1. The molecule has 0 spiro atoms. The van der Waals surface area contributed by atoms with Crippen LogP contribution in [0.4, 0.5) is 0 Å². The summed E-state index contributed by atoms with van der Waals surface area (Å²) in [7, 11) is 1.67. The number of nitrogens with one attached hydrogen (secondary N) is 1. The Morgan fingerprint density at radius 3 is 2.85 bits per heavy atom. The van der Waals surface area contributed by atoms with Crippen molar-refractivity contribution in [1.29, 1.82) is 0 Å². The van der Waals surface area contributed by atoms with E-state index in [1.165, 1.54) is 0 Å². The third kappa shape index (κ3) is 3.60. The summed E-state index contributed by atoms with van der Waals surface area (Å²) in [5, 5.41) is 17.8. The second-order valence-corrected chi connectivity index (χ2v) is 5.95. The SMILES string of the molecule is COc1cccc(C(C)NCC(C)(O)c2ccsc2)c1. The molecule has 0 saturated carbocycles. The van der Waals surface area contributed by atoms with Crippen LogP contribution in [-0.2, 0) is 5.60 Å². The molecule has 2 N–H and O–H groups in total. The molecule has 0 bridgehead atoms. The van der Waals surface area contributed by atoms with Gasteiger partial charge in [0.15, 0.2) is 0 Å². The molecule has 2 atom stereocenters. The van der Waals surface area contributed by atoms with Crippen LogP contribution in [0.15, 0.2) is 41.1 Å². The van der Waals surface area contributed by atoms with E-state index in [0.29, 0.717) is 6.54 Å². The number of rotatable bonds is 6. The number of hydrogen-bond acceptors (Lipinski definition) is 4. The standard InChI is InChI=1S/C16H21NO2S/c1-12(13-5-4-6-15(9-13)19-3)17-11-16(2,18)14-7-8-20-10-14/h4-10,12,17-18H,11H2,1-3H3. The second kappa shape index (κ2) is 6.39. The molecule has 0 amide bonds. The Balaban J connectivity index is 1.99. The summed E-state index contributed by atoms with van der Waals surface area (Å²) in [4.78, 5) is 0. The summed E-state index contributed by atoms with van der Waals surface area (Å²) in [6, 6.07) is 10.1. The van der Waals surface area contributed by atoms with Crippen molar-refractivity contribution < 1.29 is 9.84 Å². The van der Waals surface area contributed by atoms with Crippen LogP contribution in [0.2, 0.25) is 0 Å². The predicted molar refractivity (Wildman–Crippen MR) is 83.3 cm³/mol. The molecule has 1 aromatic carbocycles. The number of ether oxygens (including phenoxy) is 1. The minimum atomic E-state index is -0.854. The van der Waals surface area contributed by atoms with Gasteiger partial charge in [-0.05, 0) is 53.9 Å². The van der Waals surface area contributed by atoms with Gasteiger partial charge in [-0.25, -0.2) is 0 Å². The highest BCUT2D eigenvalue weighted by Crippen LogP contribution is 2.24. The number of methoxy groups -OCH3 is 1. The largest absolute Gasteiger partial charge is 0.497 e. The van der Waals surface area contributed by atoms with Crippen LogP contribution in [0, 0.1) is 0 Å². The highest BCUT2D eigenvalue weighted by atomic mass is 32.1. The first-order chi connectivity index (χ1) is 9.53. The molecule has 0 aliphatic heterocycles. The molecule has 0 aliphatic rings. The van der Waals surface area contributed by atoms with Crippen LogP contribution in [0.1, 0.15) is 31.0 Å². The first-order valence-corrected chi connectivity index (χ1v) is 7.59. The lowest BCUT2D eigenvalue weighted by Gasteiger charge is -2.25. The number of hydrogen-bond donors (Lipinski definition) is 2. The lowest BCUT2D eigenvalue weighted by atomic mass is 9.98. The Morgan fingerprint density at radius 1 is 1.40 bits per heavy atom. The molecule has 2 unspecified atom stereocenters. The first-order valence-electron chi connectivity index (χ1n) is 6.65. The average molecular weight is 291 g/mol. The van der Waals surface area contributed by atoms with Crippen LogP contribution in [-0.4, -0.2) is 18.8 Å². The fraction of sp³-hybridized carbons (Fsp3) is 0.375. The predicted octanol–water partition coefficient (Wildman–Crippen LogP) is 3.32. The average Bonchev–Trinajstić information content (AvgIpc) is 3.00. The molecule has 0 fully saturated rings. The molecule has 0 aliphatic carbocycles. The van der Waals surface area contributed by atoms with Gasteiger partial charge in [0.1, 0.15) is 11.4 Å². The van der Waals surface area contributed by atoms with E-state index < -0.39 is 5.60 Å². The van der Waals surface area contributed by atoms with Crippen molar-refractivity contribution in [2.24, 2.45) is 0 Å². The van der Waals surface area contributed by atoms with E-state index in [0.717, 1.165) is 16.9 Å². The molecule has 0 radical (unpaired) electrons. The summed E-state index contributed by atoms with van der Waals surface area (Å²) in [5.41, 5.74) is 1.24. The zero-order valence-electron chi connectivity index (χ0n) is 12.1. The van der Waals surface area contributed by atoms with Gasteiger partial charge in [-0.3, -0.25) is 0 Å². The maximum Gasteiger partial charge on any atom is 0.119 e.